The van der Waals surface area contributed by atoms with Crippen molar-refractivity contribution in [3.05, 3.63) is 30.2 Å². The zero-order valence-corrected chi connectivity index (χ0v) is 16.5. The summed E-state index contributed by atoms with van der Waals surface area (Å²) in [6, 6.07) is 7.60. The predicted molar refractivity (Wildman–Crippen MR) is 105 cm³/mol. The van der Waals surface area contributed by atoms with Crippen LogP contribution in [-0.4, -0.2) is 65.2 Å². The van der Waals surface area contributed by atoms with Gasteiger partial charge in [0.1, 0.15) is 5.75 Å². The lowest BCUT2D eigenvalue weighted by molar-refractivity contribution is -0.133. The van der Waals surface area contributed by atoms with Crippen LogP contribution in [0, 0.1) is 5.92 Å². The fraction of sp³-hybridized carbons (Fsp3) is 0.571. The van der Waals surface area contributed by atoms with Gasteiger partial charge in [0.2, 0.25) is 17.6 Å². The lowest BCUT2D eigenvalue weighted by Crippen LogP contribution is -2.49. The van der Waals surface area contributed by atoms with Crippen molar-refractivity contribution in [2.24, 2.45) is 5.92 Å². The van der Waals surface area contributed by atoms with Crippen LogP contribution in [0.4, 0.5) is 0 Å². The van der Waals surface area contributed by atoms with E-state index in [4.69, 9.17) is 9.26 Å². The number of piperazine rings is 1. The van der Waals surface area contributed by atoms with Gasteiger partial charge in [-0.25, -0.2) is 0 Å². The molecule has 1 aliphatic heterocycles. The van der Waals surface area contributed by atoms with Crippen molar-refractivity contribution >= 4 is 5.91 Å². The van der Waals surface area contributed by atoms with Gasteiger partial charge in [0.15, 0.2) is 0 Å². The Morgan fingerprint density at radius 1 is 1.18 bits per heavy atom. The first kappa shape index (κ1) is 18.9. The minimum absolute atomic E-state index is 0.173. The summed E-state index contributed by atoms with van der Waals surface area (Å²) in [7, 11) is 0. The fourth-order valence-electron chi connectivity index (χ4n) is 3.56. The zero-order valence-electron chi connectivity index (χ0n) is 16.5. The van der Waals surface area contributed by atoms with Crippen molar-refractivity contribution in [2.45, 2.75) is 32.6 Å². The molecule has 0 radical (unpaired) electrons. The zero-order chi connectivity index (χ0) is 19.3. The highest BCUT2D eigenvalue weighted by Gasteiger charge is 2.27. The normalized spacial score (nSPS) is 17.7. The lowest BCUT2D eigenvalue weighted by atomic mass is 10.2. The highest BCUT2D eigenvalue weighted by molar-refractivity contribution is 5.76. The summed E-state index contributed by atoms with van der Waals surface area (Å²) >= 11 is 0. The molecule has 28 heavy (non-hydrogen) atoms. The first-order valence-electron chi connectivity index (χ1n) is 10.3. The second-order valence-corrected chi connectivity index (χ2v) is 7.59. The average molecular weight is 384 g/mol. The molecule has 1 saturated carbocycles. The Kier molecular flexibility index (Phi) is 5.90. The van der Waals surface area contributed by atoms with E-state index in [1.165, 1.54) is 19.4 Å². The number of hydrogen-bond donors (Lipinski definition) is 0. The van der Waals surface area contributed by atoms with Crippen LogP contribution >= 0.6 is 0 Å². The van der Waals surface area contributed by atoms with Crippen LogP contribution in [0.3, 0.4) is 0 Å². The highest BCUT2D eigenvalue weighted by atomic mass is 16.5. The van der Waals surface area contributed by atoms with Gasteiger partial charge in [0.05, 0.1) is 6.61 Å². The van der Waals surface area contributed by atoms with Crippen LogP contribution in [0.25, 0.3) is 11.4 Å². The molecule has 7 nitrogen and oxygen atoms in total. The van der Waals surface area contributed by atoms with Gasteiger partial charge in [-0.3, -0.25) is 9.69 Å². The molecular weight excluding hydrogens is 356 g/mol. The molecule has 2 aliphatic rings. The number of nitrogens with zero attached hydrogens (tertiary/aromatic N) is 4. The number of rotatable bonds is 8. The third-order valence-corrected chi connectivity index (χ3v) is 5.38. The van der Waals surface area contributed by atoms with Crippen LogP contribution in [0.5, 0.6) is 5.75 Å². The van der Waals surface area contributed by atoms with Gasteiger partial charge < -0.3 is 14.2 Å². The third-order valence-electron chi connectivity index (χ3n) is 5.38. The van der Waals surface area contributed by atoms with Crippen molar-refractivity contribution < 1.29 is 14.1 Å². The molecule has 1 aromatic heterocycles. The number of benzene rings is 1. The van der Waals surface area contributed by atoms with Crippen LogP contribution in [0.2, 0.25) is 0 Å². The predicted octanol–water partition coefficient (Wildman–Crippen LogP) is 2.62. The van der Waals surface area contributed by atoms with E-state index < -0.39 is 0 Å². The van der Waals surface area contributed by atoms with Gasteiger partial charge in [0, 0.05) is 51.1 Å². The topological polar surface area (TPSA) is 71.7 Å². The van der Waals surface area contributed by atoms with Crippen LogP contribution < -0.4 is 4.74 Å². The minimum atomic E-state index is 0.173. The number of aryl methyl sites for hydroxylation is 1. The molecular formula is C21H28N4O3. The number of carbonyl (C=O) groups is 1. The molecule has 1 amide bonds. The molecule has 0 N–H and O–H groups in total. The smallest absolute Gasteiger partial charge is 0.227 e. The monoisotopic (exact) mass is 384 g/mol. The fourth-order valence-corrected chi connectivity index (χ4v) is 3.56. The van der Waals surface area contributed by atoms with E-state index in [9.17, 15) is 4.79 Å². The maximum absolute atomic E-state index is 12.5. The first-order valence-corrected chi connectivity index (χ1v) is 10.3. The second-order valence-electron chi connectivity index (χ2n) is 7.59. The minimum Gasteiger partial charge on any atom is -0.494 e. The largest absolute Gasteiger partial charge is 0.494 e. The average Bonchev–Trinajstić information content (AvgIpc) is 3.41. The van der Waals surface area contributed by atoms with Gasteiger partial charge in [-0.05, 0) is 49.9 Å². The van der Waals surface area contributed by atoms with E-state index in [0.717, 1.165) is 43.4 Å². The Balaban J connectivity index is 1.24. The molecule has 2 heterocycles. The van der Waals surface area contributed by atoms with Crippen molar-refractivity contribution in [3.63, 3.8) is 0 Å². The van der Waals surface area contributed by atoms with Crippen LogP contribution in [-0.2, 0) is 11.2 Å². The number of hydrogen-bond acceptors (Lipinski definition) is 6. The first-order chi connectivity index (χ1) is 13.7. The molecule has 1 aliphatic carbocycles. The van der Waals surface area contributed by atoms with Crippen molar-refractivity contribution in [1.82, 2.24) is 19.9 Å². The summed E-state index contributed by atoms with van der Waals surface area (Å²) in [6.45, 7) is 7.43. The molecule has 4 rings (SSSR count). The molecule has 0 bridgehead atoms. The Labute approximate surface area is 165 Å². The number of carbonyl (C=O) groups excluding carboxylic acids is 1. The van der Waals surface area contributed by atoms with Crippen molar-refractivity contribution in [1.29, 1.82) is 0 Å². The van der Waals surface area contributed by atoms with Gasteiger partial charge in [-0.15, -0.1) is 0 Å². The van der Waals surface area contributed by atoms with E-state index >= 15 is 0 Å². The molecule has 150 valence electrons. The van der Waals surface area contributed by atoms with E-state index in [1.54, 1.807) is 0 Å². The third kappa shape index (κ3) is 4.90. The molecule has 2 fully saturated rings. The molecule has 0 atom stereocenters. The summed E-state index contributed by atoms with van der Waals surface area (Å²) in [5.74, 6) is 2.94. The summed E-state index contributed by atoms with van der Waals surface area (Å²) in [5.41, 5.74) is 0.872. The van der Waals surface area contributed by atoms with Crippen LogP contribution in [0.15, 0.2) is 28.8 Å². The number of amides is 1. The van der Waals surface area contributed by atoms with E-state index in [0.29, 0.717) is 31.2 Å². The SMILES string of the molecule is CCOc1ccc(-c2noc(CCC(=O)N3CCN(CC4CC4)CC3)n2)cc1. The molecule has 1 aromatic carbocycles. The lowest BCUT2D eigenvalue weighted by Gasteiger charge is -2.34. The second kappa shape index (κ2) is 8.73. The molecule has 0 spiro atoms. The van der Waals surface area contributed by atoms with Crippen molar-refractivity contribution in [3.8, 4) is 17.1 Å². The molecule has 1 saturated heterocycles. The Morgan fingerprint density at radius 2 is 1.93 bits per heavy atom. The Bertz CT molecular complexity index is 777. The van der Waals surface area contributed by atoms with Gasteiger partial charge in [-0.1, -0.05) is 5.16 Å². The van der Waals surface area contributed by atoms with E-state index in [2.05, 4.69) is 15.0 Å². The highest BCUT2D eigenvalue weighted by Crippen LogP contribution is 2.30. The summed E-state index contributed by atoms with van der Waals surface area (Å²) in [4.78, 5) is 21.4. The molecule has 7 heteroatoms. The summed E-state index contributed by atoms with van der Waals surface area (Å²) < 4.78 is 10.8. The maximum atomic E-state index is 12.5. The summed E-state index contributed by atoms with van der Waals surface area (Å²) in [5, 5.41) is 4.04. The molecule has 2 aromatic rings. The number of aromatic nitrogens is 2. The van der Waals surface area contributed by atoms with Gasteiger partial charge in [-0.2, -0.15) is 4.98 Å². The van der Waals surface area contributed by atoms with Gasteiger partial charge in [0.25, 0.3) is 0 Å². The molecule has 0 unspecified atom stereocenters. The standard InChI is InChI=1S/C21H28N4O3/c1-2-27-18-7-5-17(6-8-18)21-22-19(28-23-21)9-10-20(26)25-13-11-24(12-14-25)15-16-3-4-16/h5-8,16H,2-4,9-15H2,1H3. The Hall–Kier alpha value is -2.41. The quantitative estimate of drug-likeness (QED) is 0.697. The summed E-state index contributed by atoms with van der Waals surface area (Å²) in [6.07, 6.45) is 3.64. The maximum Gasteiger partial charge on any atom is 0.227 e. The van der Waals surface area contributed by atoms with Crippen molar-refractivity contribution in [2.75, 3.05) is 39.3 Å². The van der Waals surface area contributed by atoms with E-state index in [1.807, 2.05) is 36.1 Å². The van der Waals surface area contributed by atoms with Gasteiger partial charge >= 0.3 is 0 Å². The van der Waals surface area contributed by atoms with Crippen LogP contribution in [0.1, 0.15) is 32.1 Å². The number of ether oxygens (including phenoxy) is 1. The Morgan fingerprint density at radius 3 is 2.61 bits per heavy atom. The van der Waals surface area contributed by atoms with E-state index in [-0.39, 0.29) is 5.91 Å².